The van der Waals surface area contributed by atoms with Crippen LogP contribution in [-0.2, 0) is 19.3 Å². The molecule has 0 bridgehead atoms. The minimum absolute atomic E-state index is 0.0937. The van der Waals surface area contributed by atoms with Gasteiger partial charge in [0.1, 0.15) is 24.1 Å². The number of aliphatic hydroxyl groups is 3. The predicted octanol–water partition coefficient (Wildman–Crippen LogP) is -0.798. The quantitative estimate of drug-likeness (QED) is 0.279. The van der Waals surface area contributed by atoms with E-state index in [1.165, 1.54) is 31.2 Å². The van der Waals surface area contributed by atoms with Gasteiger partial charge in [-0.15, -0.1) is 0 Å². The first-order valence-corrected chi connectivity index (χ1v) is 11.9. The number of hydrogen-bond acceptors (Lipinski definition) is 8. The fourth-order valence-electron chi connectivity index (χ4n) is 2.54. The molecule has 11 nitrogen and oxygen atoms in total. The summed E-state index contributed by atoms with van der Waals surface area (Å²) in [6, 6.07) is 5.67. The van der Waals surface area contributed by atoms with E-state index in [4.69, 9.17) is 19.3 Å². The van der Waals surface area contributed by atoms with Gasteiger partial charge in [-0.25, -0.2) is 8.42 Å². The molecule has 0 aromatic heterocycles. The van der Waals surface area contributed by atoms with Crippen LogP contribution in [0.15, 0.2) is 24.3 Å². The SMILES string of the molecule is CCS(=O)(=O)Nc1ccc(O[C@H]2O[C@H](CCP(=O)(O)O)[C@@H](O)[C@H](O)[C@@H]2O)cc1. The molecule has 1 aliphatic heterocycles. The molecule has 2 rings (SSSR count). The first-order valence-electron chi connectivity index (χ1n) is 8.43. The van der Waals surface area contributed by atoms with Gasteiger partial charge in [0.05, 0.1) is 18.0 Å². The molecule has 160 valence electrons. The summed E-state index contributed by atoms with van der Waals surface area (Å²) < 4.78 is 47.3. The van der Waals surface area contributed by atoms with Crippen molar-refractivity contribution in [2.45, 2.75) is 44.1 Å². The molecular weight excluding hydrogens is 417 g/mol. The Bertz CT molecular complexity index is 796. The van der Waals surface area contributed by atoms with Crippen molar-refractivity contribution in [2.24, 2.45) is 0 Å². The minimum Gasteiger partial charge on any atom is -0.462 e. The lowest BCUT2D eigenvalue weighted by Gasteiger charge is -2.40. The summed E-state index contributed by atoms with van der Waals surface area (Å²) in [5.41, 5.74) is 0.300. The van der Waals surface area contributed by atoms with Gasteiger partial charge >= 0.3 is 7.60 Å². The number of nitrogens with one attached hydrogen (secondary N) is 1. The van der Waals surface area contributed by atoms with Crippen LogP contribution in [0.2, 0.25) is 0 Å². The number of ether oxygens (including phenoxy) is 2. The highest BCUT2D eigenvalue weighted by atomic mass is 32.2. The van der Waals surface area contributed by atoms with Crippen LogP contribution in [0, 0.1) is 0 Å². The Morgan fingerprint density at radius 3 is 2.25 bits per heavy atom. The van der Waals surface area contributed by atoms with Crippen LogP contribution in [0.25, 0.3) is 0 Å². The molecule has 1 aliphatic rings. The Hall–Kier alpha value is -1.24. The summed E-state index contributed by atoms with van der Waals surface area (Å²) in [5, 5.41) is 30.0. The third-order valence-corrected chi connectivity index (χ3v) is 6.28. The number of hydrogen-bond donors (Lipinski definition) is 6. The van der Waals surface area contributed by atoms with Crippen molar-refractivity contribution in [1.29, 1.82) is 0 Å². The van der Waals surface area contributed by atoms with E-state index in [1.807, 2.05) is 0 Å². The molecular formula is C15H24NO10PS. The van der Waals surface area contributed by atoms with Crippen molar-refractivity contribution in [1.82, 2.24) is 0 Å². The standard InChI is InChI=1S/C15H24NO10PS/c1-2-28(23,24)16-9-3-5-10(6-4-9)25-15-14(19)13(18)12(17)11(26-15)7-8-27(20,21)22/h3-6,11-19H,2,7-8H2,1H3,(H2,20,21,22)/t11-,12-,13+,14+,15+/m1/s1. The Balaban J connectivity index is 2.05. The fourth-order valence-corrected chi connectivity index (χ4v) is 3.77. The van der Waals surface area contributed by atoms with E-state index in [0.717, 1.165) is 0 Å². The lowest BCUT2D eigenvalue weighted by molar-refractivity contribution is -0.272. The summed E-state index contributed by atoms with van der Waals surface area (Å²) in [7, 11) is -7.78. The molecule has 28 heavy (non-hydrogen) atoms. The van der Waals surface area contributed by atoms with Gasteiger partial charge in [-0.2, -0.15) is 0 Å². The van der Waals surface area contributed by atoms with Crippen LogP contribution in [0.4, 0.5) is 5.69 Å². The Kier molecular flexibility index (Phi) is 7.45. The molecule has 6 N–H and O–H groups in total. The highest BCUT2D eigenvalue weighted by Crippen LogP contribution is 2.37. The van der Waals surface area contributed by atoms with Gasteiger partial charge in [0, 0.05) is 5.69 Å². The van der Waals surface area contributed by atoms with Gasteiger partial charge in [0.25, 0.3) is 0 Å². The summed E-state index contributed by atoms with van der Waals surface area (Å²) in [6.07, 6.45) is -8.20. The van der Waals surface area contributed by atoms with Crippen LogP contribution in [0.5, 0.6) is 5.75 Å². The molecule has 0 radical (unpaired) electrons. The largest absolute Gasteiger partial charge is 0.462 e. The Labute approximate surface area is 162 Å². The second kappa shape index (κ2) is 9.06. The maximum absolute atomic E-state index is 11.5. The zero-order valence-electron chi connectivity index (χ0n) is 15.0. The summed E-state index contributed by atoms with van der Waals surface area (Å²) >= 11 is 0. The first kappa shape index (κ1) is 23.0. The average Bonchev–Trinajstić information content (AvgIpc) is 2.61. The molecule has 0 saturated carbocycles. The number of anilines is 1. The number of benzene rings is 1. The third-order valence-electron chi connectivity index (χ3n) is 4.13. The second-order valence-corrected chi connectivity index (χ2v) is 10.1. The van der Waals surface area contributed by atoms with Crippen molar-refractivity contribution in [3.05, 3.63) is 24.3 Å². The van der Waals surface area contributed by atoms with Gasteiger partial charge in [0.15, 0.2) is 0 Å². The molecule has 1 aromatic carbocycles. The van der Waals surface area contributed by atoms with Crippen molar-refractivity contribution in [2.75, 3.05) is 16.6 Å². The van der Waals surface area contributed by atoms with E-state index < -0.39 is 54.5 Å². The zero-order valence-corrected chi connectivity index (χ0v) is 16.7. The topological polar surface area (TPSA) is 183 Å². The summed E-state index contributed by atoms with van der Waals surface area (Å²) in [5.74, 6) is 0.0876. The highest BCUT2D eigenvalue weighted by molar-refractivity contribution is 7.92. The molecule has 5 atom stereocenters. The molecule has 0 spiro atoms. The smallest absolute Gasteiger partial charge is 0.325 e. The maximum Gasteiger partial charge on any atom is 0.325 e. The van der Waals surface area contributed by atoms with Crippen LogP contribution < -0.4 is 9.46 Å². The van der Waals surface area contributed by atoms with Crippen molar-refractivity contribution >= 4 is 23.3 Å². The van der Waals surface area contributed by atoms with E-state index in [0.29, 0.717) is 5.69 Å². The van der Waals surface area contributed by atoms with Gasteiger partial charge in [0.2, 0.25) is 16.3 Å². The van der Waals surface area contributed by atoms with Crippen LogP contribution in [0.1, 0.15) is 13.3 Å². The Morgan fingerprint density at radius 1 is 1.11 bits per heavy atom. The Morgan fingerprint density at radius 2 is 1.71 bits per heavy atom. The average molecular weight is 441 g/mol. The monoisotopic (exact) mass is 441 g/mol. The van der Waals surface area contributed by atoms with Crippen molar-refractivity contribution in [3.63, 3.8) is 0 Å². The molecule has 0 amide bonds. The van der Waals surface area contributed by atoms with Gasteiger partial charge < -0.3 is 34.6 Å². The normalized spacial score (nSPS) is 28.7. The fraction of sp³-hybridized carbons (Fsp3) is 0.600. The third kappa shape index (κ3) is 6.39. The van der Waals surface area contributed by atoms with Gasteiger partial charge in [-0.3, -0.25) is 9.29 Å². The summed E-state index contributed by atoms with van der Waals surface area (Å²) in [6.45, 7) is 1.49. The highest BCUT2D eigenvalue weighted by Gasteiger charge is 2.45. The lowest BCUT2D eigenvalue weighted by atomic mass is 9.97. The maximum atomic E-state index is 11.5. The second-order valence-electron chi connectivity index (χ2n) is 6.34. The number of sulfonamides is 1. The molecule has 1 heterocycles. The molecule has 1 aromatic rings. The van der Waals surface area contributed by atoms with Gasteiger partial charge in [-0.05, 0) is 37.6 Å². The summed E-state index contributed by atoms with van der Waals surface area (Å²) in [4.78, 5) is 17.9. The minimum atomic E-state index is -4.34. The van der Waals surface area contributed by atoms with Crippen LogP contribution in [-0.4, -0.2) is 76.1 Å². The van der Waals surface area contributed by atoms with E-state index >= 15 is 0 Å². The zero-order chi connectivity index (χ0) is 21.1. The van der Waals surface area contributed by atoms with E-state index in [2.05, 4.69) is 4.72 Å². The molecule has 0 aliphatic carbocycles. The number of aliphatic hydroxyl groups excluding tert-OH is 3. The van der Waals surface area contributed by atoms with Crippen molar-refractivity contribution in [3.8, 4) is 5.75 Å². The van der Waals surface area contributed by atoms with Crippen LogP contribution in [0.3, 0.4) is 0 Å². The molecule has 1 saturated heterocycles. The molecule has 0 unspecified atom stereocenters. The van der Waals surface area contributed by atoms with E-state index in [1.54, 1.807) is 0 Å². The van der Waals surface area contributed by atoms with Crippen LogP contribution >= 0.6 is 7.60 Å². The first-order chi connectivity index (χ1) is 12.9. The number of rotatable bonds is 8. The predicted molar refractivity (Wildman–Crippen MR) is 98.4 cm³/mol. The molecule has 13 heteroatoms. The lowest BCUT2D eigenvalue weighted by Crippen LogP contribution is -2.59. The van der Waals surface area contributed by atoms with E-state index in [-0.39, 0.29) is 17.9 Å². The van der Waals surface area contributed by atoms with Gasteiger partial charge in [-0.1, -0.05) is 0 Å². The van der Waals surface area contributed by atoms with E-state index in [9.17, 15) is 28.3 Å². The van der Waals surface area contributed by atoms with Crippen molar-refractivity contribution < 1.29 is 47.6 Å². The molecule has 1 fully saturated rings.